The number of rotatable bonds is 10. The van der Waals surface area contributed by atoms with Crippen molar-refractivity contribution in [2.75, 3.05) is 4.90 Å². The molecule has 2 radical (unpaired) electrons. The maximum Gasteiger partial charge on any atom is 0.249 e. The third kappa shape index (κ3) is 7.78. The third-order valence-corrected chi connectivity index (χ3v) is 4.98. The number of hydrogen-bond acceptors (Lipinski definition) is 4. The molecule has 2 aromatic carbocycles. The quantitative estimate of drug-likeness (QED) is 0.482. The number of hydrogen-bond donors (Lipinski definition) is 3. The molecule has 0 heterocycles. The number of carbonyl (C=O) groups is 4. The molecule has 0 aliphatic rings. The van der Waals surface area contributed by atoms with E-state index in [2.05, 4.69) is 10.6 Å². The van der Waals surface area contributed by atoms with Gasteiger partial charge in [0, 0.05) is 11.3 Å². The summed E-state index contributed by atoms with van der Waals surface area (Å²) in [5.41, 5.74) is 7.07. The van der Waals surface area contributed by atoms with Crippen molar-refractivity contribution >= 4 is 37.1 Å². The lowest BCUT2D eigenvalue weighted by atomic mass is 10.0. The fourth-order valence-corrected chi connectivity index (χ4v) is 3.35. The first-order valence-corrected chi connectivity index (χ1v) is 10.7. The van der Waals surface area contributed by atoms with Gasteiger partial charge in [0.05, 0.1) is 6.54 Å². The van der Waals surface area contributed by atoms with Crippen LogP contribution in [0.1, 0.15) is 43.1 Å². The first-order chi connectivity index (χ1) is 15.6. The molecule has 4 amide bonds. The molecule has 0 aromatic heterocycles. The molecule has 0 saturated carbocycles. The van der Waals surface area contributed by atoms with Crippen LogP contribution >= 0.6 is 0 Å². The second-order valence-electron chi connectivity index (χ2n) is 8.24. The minimum atomic E-state index is -0.888. The van der Waals surface area contributed by atoms with Crippen molar-refractivity contribution in [3.05, 3.63) is 65.7 Å². The molecule has 2 atom stereocenters. The Labute approximate surface area is 195 Å². The minimum absolute atomic E-state index is 0.122. The largest absolute Gasteiger partial charge is 0.366 e. The summed E-state index contributed by atoms with van der Waals surface area (Å²) in [6, 6.07) is 14.0. The van der Waals surface area contributed by atoms with Crippen LogP contribution in [0.4, 0.5) is 10.5 Å². The Hall–Kier alpha value is -3.62. The van der Waals surface area contributed by atoms with Gasteiger partial charge in [0.1, 0.15) is 12.1 Å². The number of primary amides is 1. The maximum atomic E-state index is 13.4. The van der Waals surface area contributed by atoms with Gasteiger partial charge in [-0.25, -0.2) is 0 Å². The standard InChI is InChI=1S/C24H29BN4O4/c1-15(2)13-20(28-24(25)33)22(31)27-16(3)23(32)29(14-17-7-5-4-6-8-17)19-11-9-18(10-12-19)21(26)30/h4-12,15-16,20H,13-14H2,1-3H3,(H2,26,30)(H,27,31)(H,28,33). The number of amides is 4. The van der Waals surface area contributed by atoms with Gasteiger partial charge >= 0.3 is 0 Å². The van der Waals surface area contributed by atoms with E-state index in [1.165, 1.54) is 4.90 Å². The Morgan fingerprint density at radius 3 is 2.06 bits per heavy atom. The lowest BCUT2D eigenvalue weighted by Crippen LogP contribution is -2.53. The average Bonchev–Trinajstić information content (AvgIpc) is 2.76. The molecule has 172 valence electrons. The van der Waals surface area contributed by atoms with Crippen LogP contribution in [0.25, 0.3) is 0 Å². The van der Waals surface area contributed by atoms with Crippen molar-refractivity contribution in [2.45, 2.75) is 45.8 Å². The van der Waals surface area contributed by atoms with Gasteiger partial charge in [-0.2, -0.15) is 0 Å². The van der Waals surface area contributed by atoms with E-state index in [9.17, 15) is 19.2 Å². The van der Waals surface area contributed by atoms with Gasteiger partial charge in [0.15, 0.2) is 5.81 Å². The molecule has 0 aliphatic carbocycles. The van der Waals surface area contributed by atoms with Crippen molar-refractivity contribution in [3.8, 4) is 0 Å². The van der Waals surface area contributed by atoms with Crippen molar-refractivity contribution in [1.82, 2.24) is 10.6 Å². The highest BCUT2D eigenvalue weighted by molar-refractivity contribution is 6.57. The van der Waals surface area contributed by atoms with Crippen LogP contribution in [0, 0.1) is 5.92 Å². The maximum absolute atomic E-state index is 13.4. The Morgan fingerprint density at radius 2 is 1.55 bits per heavy atom. The fraction of sp³-hybridized carbons (Fsp3) is 0.333. The number of nitrogens with two attached hydrogens (primary N) is 1. The van der Waals surface area contributed by atoms with Crippen molar-refractivity contribution < 1.29 is 19.2 Å². The SMILES string of the molecule is [B]C(=O)NC(CC(C)C)C(=O)NC(C)C(=O)N(Cc1ccccc1)c1ccc(C(N)=O)cc1. The van der Waals surface area contributed by atoms with Crippen LogP contribution in [0.5, 0.6) is 0 Å². The molecule has 33 heavy (non-hydrogen) atoms. The molecule has 2 rings (SSSR count). The average molecular weight is 448 g/mol. The Balaban J connectivity index is 2.25. The van der Waals surface area contributed by atoms with E-state index in [4.69, 9.17) is 13.6 Å². The Morgan fingerprint density at radius 1 is 0.939 bits per heavy atom. The summed E-state index contributed by atoms with van der Waals surface area (Å²) in [5.74, 6) is -2.11. The molecule has 2 aromatic rings. The van der Waals surface area contributed by atoms with Crippen LogP contribution < -0.4 is 21.3 Å². The van der Waals surface area contributed by atoms with Gasteiger partial charge in [0.2, 0.25) is 25.6 Å². The zero-order valence-electron chi connectivity index (χ0n) is 19.1. The van der Waals surface area contributed by atoms with Crippen molar-refractivity contribution in [3.63, 3.8) is 0 Å². The lowest BCUT2D eigenvalue weighted by molar-refractivity contribution is -0.128. The van der Waals surface area contributed by atoms with E-state index >= 15 is 0 Å². The summed E-state index contributed by atoms with van der Waals surface area (Å²) in [6.45, 7) is 5.65. The lowest BCUT2D eigenvalue weighted by Gasteiger charge is -2.28. The second kappa shape index (κ2) is 11.8. The molecule has 0 saturated heterocycles. The van der Waals surface area contributed by atoms with Gasteiger partial charge in [0.25, 0.3) is 0 Å². The number of carbonyl (C=O) groups excluding carboxylic acids is 4. The summed E-state index contributed by atoms with van der Waals surface area (Å²) < 4.78 is 0. The van der Waals surface area contributed by atoms with Crippen molar-refractivity contribution in [1.29, 1.82) is 0 Å². The van der Waals surface area contributed by atoms with Crippen LogP contribution in [-0.4, -0.2) is 43.5 Å². The normalized spacial score (nSPS) is 12.5. The third-order valence-electron chi connectivity index (χ3n) is 4.98. The zero-order valence-corrected chi connectivity index (χ0v) is 19.1. The van der Waals surface area contributed by atoms with Gasteiger partial charge in [-0.3, -0.25) is 19.2 Å². The van der Waals surface area contributed by atoms with Gasteiger partial charge in [-0.1, -0.05) is 44.2 Å². The van der Waals surface area contributed by atoms with E-state index in [0.717, 1.165) is 5.56 Å². The first-order valence-electron chi connectivity index (χ1n) is 10.7. The molecule has 0 aliphatic heterocycles. The summed E-state index contributed by atoms with van der Waals surface area (Å²) >= 11 is 0. The number of anilines is 1. The molecule has 4 N–H and O–H groups in total. The highest BCUT2D eigenvalue weighted by Crippen LogP contribution is 2.20. The topological polar surface area (TPSA) is 122 Å². The summed E-state index contributed by atoms with van der Waals surface area (Å²) in [5, 5.41) is 5.11. The van der Waals surface area contributed by atoms with E-state index in [1.54, 1.807) is 31.2 Å². The molecular weight excluding hydrogens is 419 g/mol. The predicted molar refractivity (Wildman–Crippen MR) is 128 cm³/mol. The molecular formula is C24H29BN4O4. The number of benzene rings is 2. The number of nitrogens with one attached hydrogen (secondary N) is 2. The predicted octanol–water partition coefficient (Wildman–Crippen LogP) is 2.12. The number of nitrogens with zero attached hydrogens (tertiary/aromatic N) is 1. The van der Waals surface area contributed by atoms with Crippen molar-refractivity contribution in [2.24, 2.45) is 11.7 Å². The van der Waals surface area contributed by atoms with Gasteiger partial charge in [-0.15, -0.1) is 0 Å². The Bertz CT molecular complexity index is 980. The monoisotopic (exact) mass is 448 g/mol. The highest BCUT2D eigenvalue weighted by atomic mass is 16.2. The first kappa shape index (κ1) is 25.6. The smallest absolute Gasteiger partial charge is 0.249 e. The molecule has 9 heteroatoms. The van der Waals surface area contributed by atoms with E-state index in [-0.39, 0.29) is 18.4 Å². The van der Waals surface area contributed by atoms with Crippen LogP contribution in [0.3, 0.4) is 0 Å². The van der Waals surface area contributed by atoms with E-state index in [1.807, 2.05) is 44.2 Å². The van der Waals surface area contributed by atoms with Crippen LogP contribution in [0.2, 0.25) is 0 Å². The van der Waals surface area contributed by atoms with Gasteiger partial charge < -0.3 is 21.3 Å². The summed E-state index contributed by atoms with van der Waals surface area (Å²) in [7, 11) is 5.20. The highest BCUT2D eigenvalue weighted by Gasteiger charge is 2.27. The van der Waals surface area contributed by atoms with Crippen LogP contribution in [0.15, 0.2) is 54.6 Å². The second-order valence-corrected chi connectivity index (χ2v) is 8.24. The summed E-state index contributed by atoms with van der Waals surface area (Å²) in [4.78, 5) is 50.4. The molecule has 2 unspecified atom stereocenters. The molecule has 8 nitrogen and oxygen atoms in total. The molecule has 0 spiro atoms. The molecule has 0 bridgehead atoms. The van der Waals surface area contributed by atoms with E-state index < -0.39 is 29.7 Å². The van der Waals surface area contributed by atoms with Crippen LogP contribution in [-0.2, 0) is 16.1 Å². The Kier molecular flexibility index (Phi) is 9.21. The van der Waals surface area contributed by atoms with E-state index in [0.29, 0.717) is 17.7 Å². The minimum Gasteiger partial charge on any atom is -0.366 e. The molecule has 0 fully saturated rings. The summed E-state index contributed by atoms with van der Waals surface area (Å²) in [6.07, 6.45) is 0.373. The zero-order chi connectivity index (χ0) is 24.5. The fourth-order valence-electron chi connectivity index (χ4n) is 3.35. The van der Waals surface area contributed by atoms with Gasteiger partial charge in [-0.05, 0) is 49.1 Å².